The second-order valence-corrected chi connectivity index (χ2v) is 8.00. The zero-order valence-electron chi connectivity index (χ0n) is 17.0. The molecule has 0 saturated carbocycles. The van der Waals surface area contributed by atoms with E-state index in [2.05, 4.69) is 10.2 Å². The van der Waals surface area contributed by atoms with Gasteiger partial charge in [-0.1, -0.05) is 18.2 Å². The molecule has 2 heterocycles. The van der Waals surface area contributed by atoms with Gasteiger partial charge in [-0.3, -0.25) is 19.4 Å². The zero-order valence-corrected chi connectivity index (χ0v) is 17.0. The molecule has 7 nitrogen and oxygen atoms in total. The van der Waals surface area contributed by atoms with Gasteiger partial charge in [0.25, 0.3) is 0 Å². The van der Waals surface area contributed by atoms with Crippen molar-refractivity contribution < 1.29 is 14.7 Å². The van der Waals surface area contributed by atoms with Gasteiger partial charge < -0.3 is 15.3 Å². The lowest BCUT2D eigenvalue weighted by molar-refractivity contribution is -0.135. The Morgan fingerprint density at radius 2 is 1.71 bits per heavy atom. The molecular formula is C21H32N4O3. The molecule has 0 spiro atoms. The van der Waals surface area contributed by atoms with Crippen molar-refractivity contribution in [2.45, 2.75) is 32.8 Å². The van der Waals surface area contributed by atoms with Crippen LogP contribution in [-0.2, 0) is 9.59 Å². The fraction of sp³-hybridized carbons (Fsp3) is 0.619. The standard InChI is InChI=1S/C21H32N4O3/c1-16-5-3-6-17(2)21(16)22-19(27)14-23-9-11-25(12-10-23)20(28)15-24-8-4-7-18(26)13-24/h3,5-6,18,26H,4,7-15H2,1-2H3,(H,22,27). The monoisotopic (exact) mass is 388 g/mol. The smallest absolute Gasteiger partial charge is 0.238 e. The van der Waals surface area contributed by atoms with E-state index < -0.39 is 0 Å². The number of aryl methyl sites for hydroxylation is 2. The summed E-state index contributed by atoms with van der Waals surface area (Å²) in [6.07, 6.45) is 1.46. The second kappa shape index (κ2) is 9.49. The van der Waals surface area contributed by atoms with E-state index in [0.29, 0.717) is 45.8 Å². The molecule has 1 aromatic rings. The van der Waals surface area contributed by atoms with Gasteiger partial charge in [-0.2, -0.15) is 0 Å². The number of benzene rings is 1. The molecule has 7 heteroatoms. The average molecular weight is 389 g/mol. The summed E-state index contributed by atoms with van der Waals surface area (Å²) >= 11 is 0. The Kier molecular flexibility index (Phi) is 7.04. The molecule has 2 N–H and O–H groups in total. The lowest BCUT2D eigenvalue weighted by Gasteiger charge is -2.36. The van der Waals surface area contributed by atoms with E-state index in [0.717, 1.165) is 36.2 Å². The Balaban J connectivity index is 1.42. The minimum atomic E-state index is -0.311. The van der Waals surface area contributed by atoms with Crippen LogP contribution in [-0.4, -0.2) is 90.1 Å². The van der Waals surface area contributed by atoms with Crippen molar-refractivity contribution in [3.8, 4) is 0 Å². The van der Waals surface area contributed by atoms with Gasteiger partial charge >= 0.3 is 0 Å². The number of hydrogen-bond acceptors (Lipinski definition) is 5. The molecule has 1 atom stereocenters. The number of hydrogen-bond donors (Lipinski definition) is 2. The molecule has 2 aliphatic heterocycles. The molecule has 0 bridgehead atoms. The summed E-state index contributed by atoms with van der Waals surface area (Å²) < 4.78 is 0. The van der Waals surface area contributed by atoms with E-state index in [9.17, 15) is 14.7 Å². The van der Waals surface area contributed by atoms with Gasteiger partial charge in [0.15, 0.2) is 0 Å². The van der Waals surface area contributed by atoms with E-state index in [-0.39, 0.29) is 17.9 Å². The van der Waals surface area contributed by atoms with Crippen LogP contribution in [0.1, 0.15) is 24.0 Å². The van der Waals surface area contributed by atoms with Gasteiger partial charge in [0.05, 0.1) is 19.2 Å². The van der Waals surface area contributed by atoms with Crippen LogP contribution in [0.15, 0.2) is 18.2 Å². The van der Waals surface area contributed by atoms with Gasteiger partial charge in [-0.05, 0) is 44.4 Å². The van der Waals surface area contributed by atoms with Crippen LogP contribution in [0, 0.1) is 13.8 Å². The van der Waals surface area contributed by atoms with Crippen LogP contribution in [0.5, 0.6) is 0 Å². The summed E-state index contributed by atoms with van der Waals surface area (Å²) in [4.78, 5) is 31.0. The molecule has 2 aliphatic rings. The molecule has 2 saturated heterocycles. The molecule has 3 rings (SSSR count). The number of anilines is 1. The van der Waals surface area contributed by atoms with Crippen LogP contribution in [0.2, 0.25) is 0 Å². The van der Waals surface area contributed by atoms with E-state index in [1.807, 2.05) is 41.8 Å². The van der Waals surface area contributed by atoms with Crippen molar-refractivity contribution in [1.29, 1.82) is 0 Å². The van der Waals surface area contributed by atoms with Gasteiger partial charge in [-0.15, -0.1) is 0 Å². The third kappa shape index (κ3) is 5.53. The van der Waals surface area contributed by atoms with Gasteiger partial charge in [0.2, 0.25) is 11.8 Å². The molecule has 28 heavy (non-hydrogen) atoms. The van der Waals surface area contributed by atoms with Crippen molar-refractivity contribution in [2.75, 3.05) is 57.7 Å². The fourth-order valence-corrected chi connectivity index (χ4v) is 4.02. The van der Waals surface area contributed by atoms with Gasteiger partial charge in [-0.25, -0.2) is 0 Å². The van der Waals surface area contributed by atoms with Crippen LogP contribution in [0.25, 0.3) is 0 Å². The third-order valence-corrected chi connectivity index (χ3v) is 5.68. The highest BCUT2D eigenvalue weighted by molar-refractivity contribution is 5.93. The summed E-state index contributed by atoms with van der Waals surface area (Å²) in [5.41, 5.74) is 3.02. The van der Waals surface area contributed by atoms with Crippen molar-refractivity contribution in [2.24, 2.45) is 0 Å². The highest BCUT2D eigenvalue weighted by Crippen LogP contribution is 2.19. The Morgan fingerprint density at radius 1 is 1.04 bits per heavy atom. The number of nitrogens with zero attached hydrogens (tertiary/aromatic N) is 3. The Hall–Kier alpha value is -1.96. The molecule has 0 aromatic heterocycles. The Morgan fingerprint density at radius 3 is 2.36 bits per heavy atom. The van der Waals surface area contributed by atoms with E-state index in [1.165, 1.54) is 0 Å². The lowest BCUT2D eigenvalue weighted by atomic mass is 10.1. The molecule has 2 amide bonds. The predicted octanol–water partition coefficient (Wildman–Crippen LogP) is 0.843. The minimum absolute atomic E-state index is 0.0144. The molecule has 2 fully saturated rings. The number of aliphatic hydroxyl groups is 1. The molecule has 0 aliphatic carbocycles. The molecular weight excluding hydrogens is 356 g/mol. The number of piperazine rings is 1. The maximum atomic E-state index is 12.5. The first-order chi connectivity index (χ1) is 13.4. The first kappa shape index (κ1) is 20.8. The van der Waals surface area contributed by atoms with Crippen molar-refractivity contribution in [1.82, 2.24) is 14.7 Å². The van der Waals surface area contributed by atoms with Gasteiger partial charge in [0.1, 0.15) is 0 Å². The maximum Gasteiger partial charge on any atom is 0.238 e. The quantitative estimate of drug-likeness (QED) is 0.782. The number of piperidine rings is 1. The molecule has 1 unspecified atom stereocenters. The highest BCUT2D eigenvalue weighted by Gasteiger charge is 2.26. The van der Waals surface area contributed by atoms with Crippen molar-refractivity contribution >= 4 is 17.5 Å². The third-order valence-electron chi connectivity index (χ3n) is 5.68. The Labute approximate surface area is 167 Å². The molecule has 0 radical (unpaired) electrons. The SMILES string of the molecule is Cc1cccc(C)c1NC(=O)CN1CCN(C(=O)CN2CCCC(O)C2)CC1. The predicted molar refractivity (Wildman–Crippen MR) is 109 cm³/mol. The molecule has 154 valence electrons. The average Bonchev–Trinajstić information content (AvgIpc) is 2.65. The number of likely N-dealkylation sites (tertiary alicyclic amines) is 1. The number of rotatable bonds is 5. The second-order valence-electron chi connectivity index (χ2n) is 8.00. The number of aliphatic hydroxyl groups excluding tert-OH is 1. The van der Waals surface area contributed by atoms with Crippen molar-refractivity contribution in [3.05, 3.63) is 29.3 Å². The van der Waals surface area contributed by atoms with Crippen LogP contribution < -0.4 is 5.32 Å². The summed E-state index contributed by atoms with van der Waals surface area (Å²) in [5.74, 6) is 0.105. The summed E-state index contributed by atoms with van der Waals surface area (Å²) in [6, 6.07) is 5.98. The van der Waals surface area contributed by atoms with E-state index in [4.69, 9.17) is 0 Å². The van der Waals surface area contributed by atoms with Crippen molar-refractivity contribution in [3.63, 3.8) is 0 Å². The fourth-order valence-electron chi connectivity index (χ4n) is 4.02. The topological polar surface area (TPSA) is 76.1 Å². The number of nitrogens with one attached hydrogen (secondary N) is 1. The number of amides is 2. The largest absolute Gasteiger partial charge is 0.392 e. The first-order valence-corrected chi connectivity index (χ1v) is 10.2. The van der Waals surface area contributed by atoms with Gasteiger partial charge in [0, 0.05) is 38.4 Å². The number of carbonyl (C=O) groups is 2. The summed E-state index contributed by atoms with van der Waals surface area (Å²) in [7, 11) is 0. The maximum absolute atomic E-state index is 12.5. The number of carbonyl (C=O) groups excluding carboxylic acids is 2. The number of para-hydroxylation sites is 1. The van der Waals surface area contributed by atoms with Crippen LogP contribution >= 0.6 is 0 Å². The Bertz CT molecular complexity index is 681. The van der Waals surface area contributed by atoms with E-state index in [1.54, 1.807) is 0 Å². The number of β-amino-alcohol motifs (C(OH)–C–C–N with tert-alkyl or cyclic N) is 1. The summed E-state index contributed by atoms with van der Waals surface area (Å²) in [6.45, 7) is 8.87. The van der Waals surface area contributed by atoms with E-state index >= 15 is 0 Å². The highest BCUT2D eigenvalue weighted by atomic mass is 16.3. The first-order valence-electron chi connectivity index (χ1n) is 10.2. The lowest BCUT2D eigenvalue weighted by Crippen LogP contribution is -2.53. The minimum Gasteiger partial charge on any atom is -0.392 e. The summed E-state index contributed by atoms with van der Waals surface area (Å²) in [5, 5.41) is 12.8. The normalized spacial score (nSPS) is 21.5. The van der Waals surface area contributed by atoms with Crippen LogP contribution in [0.4, 0.5) is 5.69 Å². The zero-order chi connectivity index (χ0) is 20.1. The van der Waals surface area contributed by atoms with Crippen LogP contribution in [0.3, 0.4) is 0 Å². The molecule has 1 aromatic carbocycles.